The smallest absolute Gasteiger partial charge is 0.234 e. The first kappa shape index (κ1) is 22.9. The molecule has 1 atom stereocenters. The SMILES string of the molecule is CCCCn1c(SCC(=O)Nc2ccc(Br)cc2C)nnc1C(CC)N(C)C. The van der Waals surface area contributed by atoms with Crippen molar-refractivity contribution in [1.29, 1.82) is 0 Å². The Morgan fingerprint density at radius 1 is 1.32 bits per heavy atom. The number of benzene rings is 1. The van der Waals surface area contributed by atoms with Crippen molar-refractivity contribution in [3.8, 4) is 0 Å². The number of thioether (sulfide) groups is 1. The number of hydrogen-bond acceptors (Lipinski definition) is 5. The number of halogens is 1. The minimum Gasteiger partial charge on any atom is -0.325 e. The summed E-state index contributed by atoms with van der Waals surface area (Å²) >= 11 is 4.89. The molecule has 0 aliphatic carbocycles. The van der Waals surface area contributed by atoms with Gasteiger partial charge in [-0.05, 0) is 57.6 Å². The third kappa shape index (κ3) is 6.06. The van der Waals surface area contributed by atoms with Crippen LogP contribution in [0.3, 0.4) is 0 Å². The largest absolute Gasteiger partial charge is 0.325 e. The highest BCUT2D eigenvalue weighted by atomic mass is 79.9. The third-order valence-electron chi connectivity index (χ3n) is 4.58. The summed E-state index contributed by atoms with van der Waals surface area (Å²) in [5, 5.41) is 12.6. The van der Waals surface area contributed by atoms with Crippen LogP contribution in [0.15, 0.2) is 27.8 Å². The van der Waals surface area contributed by atoms with Gasteiger partial charge in [0.1, 0.15) is 0 Å². The van der Waals surface area contributed by atoms with Crippen LogP contribution in [0.25, 0.3) is 0 Å². The highest BCUT2D eigenvalue weighted by molar-refractivity contribution is 9.10. The molecule has 0 aliphatic rings. The summed E-state index contributed by atoms with van der Waals surface area (Å²) in [6.07, 6.45) is 3.13. The number of aryl methyl sites for hydroxylation is 1. The van der Waals surface area contributed by atoms with E-state index in [-0.39, 0.29) is 11.9 Å². The molecule has 28 heavy (non-hydrogen) atoms. The molecule has 8 heteroatoms. The van der Waals surface area contributed by atoms with E-state index in [0.29, 0.717) is 5.75 Å². The molecular weight excluding hydrogens is 438 g/mol. The van der Waals surface area contributed by atoms with E-state index in [2.05, 4.69) is 68.9 Å². The maximum absolute atomic E-state index is 12.4. The average Bonchev–Trinajstić information content (AvgIpc) is 3.03. The lowest BCUT2D eigenvalue weighted by atomic mass is 10.2. The Bertz CT molecular complexity index is 793. The fraction of sp³-hybridized carbons (Fsp3) is 0.550. The van der Waals surface area contributed by atoms with Crippen molar-refractivity contribution >= 4 is 39.3 Å². The second kappa shape index (κ2) is 11.0. The molecule has 1 aromatic carbocycles. The van der Waals surface area contributed by atoms with Crippen LogP contribution in [0.5, 0.6) is 0 Å². The van der Waals surface area contributed by atoms with Crippen molar-refractivity contribution < 1.29 is 4.79 Å². The van der Waals surface area contributed by atoms with Crippen LogP contribution in [0.2, 0.25) is 0 Å². The molecule has 0 spiro atoms. The van der Waals surface area contributed by atoms with E-state index in [4.69, 9.17) is 0 Å². The van der Waals surface area contributed by atoms with E-state index in [1.807, 2.05) is 25.1 Å². The second-order valence-corrected chi connectivity index (χ2v) is 8.89. The molecular formula is C20H30BrN5OS. The lowest BCUT2D eigenvalue weighted by molar-refractivity contribution is -0.113. The van der Waals surface area contributed by atoms with Crippen LogP contribution >= 0.6 is 27.7 Å². The Labute approximate surface area is 180 Å². The van der Waals surface area contributed by atoms with Crippen LogP contribution in [0.4, 0.5) is 5.69 Å². The lowest BCUT2D eigenvalue weighted by Gasteiger charge is -2.23. The van der Waals surface area contributed by atoms with E-state index in [9.17, 15) is 4.79 Å². The summed E-state index contributed by atoms with van der Waals surface area (Å²) in [6, 6.07) is 6.04. The fourth-order valence-electron chi connectivity index (χ4n) is 3.04. The topological polar surface area (TPSA) is 63.1 Å². The lowest BCUT2D eigenvalue weighted by Crippen LogP contribution is -2.23. The number of unbranched alkanes of at least 4 members (excludes halogenated alkanes) is 1. The van der Waals surface area contributed by atoms with Gasteiger partial charge in [-0.25, -0.2) is 0 Å². The number of rotatable bonds is 10. The third-order valence-corrected chi connectivity index (χ3v) is 6.04. The van der Waals surface area contributed by atoms with Crippen LogP contribution in [0.1, 0.15) is 50.5 Å². The molecule has 0 fully saturated rings. The Balaban J connectivity index is 2.09. The highest BCUT2D eigenvalue weighted by Crippen LogP contribution is 2.26. The van der Waals surface area contributed by atoms with Gasteiger partial charge >= 0.3 is 0 Å². The van der Waals surface area contributed by atoms with E-state index >= 15 is 0 Å². The predicted octanol–water partition coefficient (Wildman–Crippen LogP) is 4.89. The van der Waals surface area contributed by atoms with Gasteiger partial charge in [-0.3, -0.25) is 9.69 Å². The van der Waals surface area contributed by atoms with E-state index < -0.39 is 0 Å². The highest BCUT2D eigenvalue weighted by Gasteiger charge is 2.22. The van der Waals surface area contributed by atoms with Crippen molar-refractivity contribution in [3.05, 3.63) is 34.1 Å². The van der Waals surface area contributed by atoms with Gasteiger partial charge in [-0.2, -0.15) is 0 Å². The van der Waals surface area contributed by atoms with E-state index in [0.717, 1.165) is 52.5 Å². The molecule has 6 nitrogen and oxygen atoms in total. The van der Waals surface area contributed by atoms with Gasteiger partial charge < -0.3 is 9.88 Å². The quantitative estimate of drug-likeness (QED) is 0.503. The van der Waals surface area contributed by atoms with Gasteiger partial charge in [-0.1, -0.05) is 48.0 Å². The molecule has 0 bridgehead atoms. The molecule has 1 amide bonds. The van der Waals surface area contributed by atoms with Crippen LogP contribution in [0, 0.1) is 6.92 Å². The molecule has 1 unspecified atom stereocenters. The van der Waals surface area contributed by atoms with Gasteiger partial charge in [-0.15, -0.1) is 10.2 Å². The summed E-state index contributed by atoms with van der Waals surface area (Å²) in [5.74, 6) is 1.24. The second-order valence-electron chi connectivity index (χ2n) is 7.03. The molecule has 1 aromatic heterocycles. The zero-order valence-corrected chi connectivity index (χ0v) is 19.7. The molecule has 0 radical (unpaired) electrons. The summed E-state index contributed by atoms with van der Waals surface area (Å²) in [6.45, 7) is 7.19. The summed E-state index contributed by atoms with van der Waals surface area (Å²) in [4.78, 5) is 14.6. The fourth-order valence-corrected chi connectivity index (χ4v) is 4.29. The van der Waals surface area contributed by atoms with Crippen LogP contribution in [-0.2, 0) is 11.3 Å². The maximum Gasteiger partial charge on any atom is 0.234 e. The Hall–Kier alpha value is -1.38. The molecule has 1 N–H and O–H groups in total. The molecule has 2 aromatic rings. The molecule has 0 saturated heterocycles. The summed E-state index contributed by atoms with van der Waals surface area (Å²) < 4.78 is 3.18. The summed E-state index contributed by atoms with van der Waals surface area (Å²) in [5.41, 5.74) is 1.86. The van der Waals surface area contributed by atoms with Gasteiger partial charge in [0.05, 0.1) is 11.8 Å². The number of aromatic nitrogens is 3. The van der Waals surface area contributed by atoms with Gasteiger partial charge in [0.15, 0.2) is 11.0 Å². The Kier molecular flexibility index (Phi) is 8.98. The number of carbonyl (C=O) groups excluding carboxylic acids is 1. The zero-order chi connectivity index (χ0) is 20.7. The number of amides is 1. The Morgan fingerprint density at radius 2 is 2.07 bits per heavy atom. The van der Waals surface area contributed by atoms with Gasteiger partial charge in [0, 0.05) is 16.7 Å². The van der Waals surface area contributed by atoms with Crippen molar-refractivity contribution in [1.82, 2.24) is 19.7 Å². The Morgan fingerprint density at radius 3 is 2.68 bits per heavy atom. The number of nitrogens with one attached hydrogen (secondary N) is 1. The summed E-state index contributed by atoms with van der Waals surface area (Å²) in [7, 11) is 4.13. The predicted molar refractivity (Wildman–Crippen MR) is 120 cm³/mol. The first-order valence-electron chi connectivity index (χ1n) is 9.65. The van der Waals surface area contributed by atoms with Gasteiger partial charge in [0.25, 0.3) is 0 Å². The number of hydrogen-bond donors (Lipinski definition) is 1. The van der Waals surface area contributed by atoms with Crippen molar-refractivity contribution in [3.63, 3.8) is 0 Å². The molecule has 0 aliphatic heterocycles. The first-order chi connectivity index (χ1) is 13.4. The first-order valence-corrected chi connectivity index (χ1v) is 11.4. The van der Waals surface area contributed by atoms with E-state index in [1.165, 1.54) is 11.8 Å². The molecule has 0 saturated carbocycles. The minimum absolute atomic E-state index is 0.0401. The monoisotopic (exact) mass is 467 g/mol. The normalized spacial score (nSPS) is 12.4. The number of carbonyl (C=O) groups is 1. The van der Waals surface area contributed by atoms with Crippen molar-refractivity contribution in [2.45, 2.75) is 57.8 Å². The van der Waals surface area contributed by atoms with Crippen LogP contribution in [-0.4, -0.2) is 45.4 Å². The van der Waals surface area contributed by atoms with E-state index in [1.54, 1.807) is 0 Å². The molecule has 154 valence electrons. The maximum atomic E-state index is 12.4. The molecule has 2 rings (SSSR count). The van der Waals surface area contributed by atoms with Crippen molar-refractivity contribution in [2.75, 3.05) is 25.2 Å². The number of nitrogens with zero attached hydrogens (tertiary/aromatic N) is 4. The van der Waals surface area contributed by atoms with Crippen molar-refractivity contribution in [2.24, 2.45) is 0 Å². The van der Waals surface area contributed by atoms with Gasteiger partial charge in [0.2, 0.25) is 5.91 Å². The average molecular weight is 468 g/mol. The zero-order valence-electron chi connectivity index (χ0n) is 17.3. The van der Waals surface area contributed by atoms with Crippen LogP contribution < -0.4 is 5.32 Å². The molecule has 1 heterocycles. The number of anilines is 1. The standard InChI is InChI=1S/C20H30BrN5OS/c1-6-8-11-26-19(17(7-2)25(4)5)23-24-20(26)28-13-18(27)22-16-10-9-15(21)12-14(16)3/h9-10,12,17H,6-8,11,13H2,1-5H3,(H,22,27). The minimum atomic E-state index is -0.0401.